The van der Waals surface area contributed by atoms with Gasteiger partial charge in [0.2, 0.25) is 17.7 Å². The summed E-state index contributed by atoms with van der Waals surface area (Å²) in [4.78, 5) is 54.5. The Morgan fingerprint density at radius 3 is 2.57 bits per heavy atom. The molecule has 0 N–H and O–H groups in total. The minimum atomic E-state index is -0.600. The Morgan fingerprint density at radius 1 is 1.03 bits per heavy atom. The van der Waals surface area contributed by atoms with E-state index in [0.29, 0.717) is 12.1 Å². The molecule has 2 fully saturated rings. The summed E-state index contributed by atoms with van der Waals surface area (Å²) in [6.07, 6.45) is 4.57. The van der Waals surface area contributed by atoms with E-state index in [-0.39, 0.29) is 54.2 Å². The summed E-state index contributed by atoms with van der Waals surface area (Å²) in [6, 6.07) is 12.3. The molecule has 1 aliphatic carbocycles. The molecule has 4 atom stereocenters. The Kier molecular flexibility index (Phi) is 5.79. The van der Waals surface area contributed by atoms with Crippen LogP contribution >= 0.6 is 0 Å². The lowest BCUT2D eigenvalue weighted by atomic mass is 9.78. The molecule has 0 bridgehead atoms. The molecule has 2 aromatic carbocycles. The number of anilines is 2. The maximum Gasteiger partial charge on any atom is 0.316 e. The molecule has 0 unspecified atom stereocenters. The van der Waals surface area contributed by atoms with Crippen LogP contribution in [0.25, 0.3) is 0 Å². The first-order valence-electron chi connectivity index (χ1n) is 12.0. The molecule has 0 aromatic heterocycles. The second-order valence-electron chi connectivity index (χ2n) is 9.78. The molecule has 0 radical (unpaired) electrons. The minimum Gasteiger partial charge on any atom is -0.426 e. The molecule has 0 saturated carbocycles. The van der Waals surface area contributed by atoms with Crippen LogP contribution < -0.4 is 14.5 Å². The number of hydrogen-bond donors (Lipinski definition) is 0. The number of nitrogens with zero attached hydrogens (tertiary/aromatic N) is 2. The lowest BCUT2D eigenvalue weighted by molar-refractivity contribution is -0.139. The van der Waals surface area contributed by atoms with E-state index in [2.05, 4.69) is 0 Å². The average Bonchev–Trinajstić information content (AvgIpc) is 3.32. The van der Waals surface area contributed by atoms with Crippen LogP contribution in [0, 0.1) is 37.5 Å². The largest absolute Gasteiger partial charge is 0.426 e. The zero-order chi connectivity index (χ0) is 24.9. The number of ether oxygens (including phenoxy) is 1. The van der Waals surface area contributed by atoms with E-state index < -0.39 is 11.9 Å². The standard InChI is InChI=1S/C28H28N2O5/c1-16-10-11-23(18(3)12-16)29-15-19(13-24(29)31)28(34)35-21-8-5-7-20(14-21)30-26(32)22-9-4-6-17(2)25(22)27(30)33/h4-8,10-12,14,17,19,22,25H,9,13,15H2,1-3H3/t17-,19-,22-,25+/m1/s1. The van der Waals surface area contributed by atoms with E-state index in [1.165, 1.54) is 4.90 Å². The van der Waals surface area contributed by atoms with Gasteiger partial charge in [0.05, 0.1) is 23.4 Å². The molecular formula is C28H28N2O5. The fourth-order valence-corrected chi connectivity index (χ4v) is 5.49. The van der Waals surface area contributed by atoms with Crippen molar-refractivity contribution >= 4 is 35.1 Å². The number of allylic oxidation sites excluding steroid dienone is 2. The van der Waals surface area contributed by atoms with Crippen molar-refractivity contribution in [1.82, 2.24) is 0 Å². The van der Waals surface area contributed by atoms with Crippen LogP contribution in [0.1, 0.15) is 30.9 Å². The van der Waals surface area contributed by atoms with Crippen molar-refractivity contribution in [2.45, 2.75) is 33.6 Å². The van der Waals surface area contributed by atoms with E-state index in [0.717, 1.165) is 16.8 Å². The molecule has 0 spiro atoms. The van der Waals surface area contributed by atoms with Crippen molar-refractivity contribution in [1.29, 1.82) is 0 Å². The predicted molar refractivity (Wildman–Crippen MR) is 131 cm³/mol. The highest BCUT2D eigenvalue weighted by molar-refractivity contribution is 6.22. The van der Waals surface area contributed by atoms with E-state index in [4.69, 9.17) is 4.74 Å². The molecule has 2 aliphatic heterocycles. The summed E-state index contributed by atoms with van der Waals surface area (Å²) in [5, 5.41) is 0. The summed E-state index contributed by atoms with van der Waals surface area (Å²) >= 11 is 0. The Morgan fingerprint density at radius 2 is 1.83 bits per heavy atom. The van der Waals surface area contributed by atoms with E-state index >= 15 is 0 Å². The number of aryl methyl sites for hydroxylation is 2. The molecule has 2 saturated heterocycles. The third-order valence-corrected chi connectivity index (χ3v) is 7.27. The normalized spacial score (nSPS) is 25.9. The quantitative estimate of drug-likeness (QED) is 0.291. The molecule has 180 valence electrons. The monoisotopic (exact) mass is 472 g/mol. The molecule has 3 aliphatic rings. The lowest BCUT2D eigenvalue weighted by Crippen LogP contribution is -2.31. The van der Waals surface area contributed by atoms with Gasteiger partial charge in [0.1, 0.15) is 5.75 Å². The number of rotatable bonds is 4. The smallest absolute Gasteiger partial charge is 0.316 e. The predicted octanol–water partition coefficient (Wildman–Crippen LogP) is 3.96. The van der Waals surface area contributed by atoms with Gasteiger partial charge in [-0.15, -0.1) is 0 Å². The first-order valence-corrected chi connectivity index (χ1v) is 12.0. The highest BCUT2D eigenvalue weighted by atomic mass is 16.5. The van der Waals surface area contributed by atoms with Gasteiger partial charge in [0, 0.05) is 24.7 Å². The zero-order valence-electron chi connectivity index (χ0n) is 20.1. The molecule has 2 heterocycles. The SMILES string of the molecule is Cc1ccc(N2C[C@H](C(=O)Oc3cccc(N4C(=O)[C@H]5[C@H](C)C=CC[C@H]5C4=O)c3)CC2=O)c(C)c1. The van der Waals surface area contributed by atoms with Gasteiger partial charge >= 0.3 is 5.97 Å². The van der Waals surface area contributed by atoms with Gasteiger partial charge in [-0.05, 0) is 49.9 Å². The van der Waals surface area contributed by atoms with Crippen molar-refractivity contribution in [3.63, 3.8) is 0 Å². The van der Waals surface area contributed by atoms with Crippen LogP contribution in [0.5, 0.6) is 5.75 Å². The topological polar surface area (TPSA) is 84.0 Å². The summed E-state index contributed by atoms with van der Waals surface area (Å²) in [7, 11) is 0. The molecular weight excluding hydrogens is 444 g/mol. The van der Waals surface area contributed by atoms with Gasteiger partial charge in [-0.25, -0.2) is 4.90 Å². The lowest BCUT2D eigenvalue weighted by Gasteiger charge is -2.22. The van der Waals surface area contributed by atoms with Crippen molar-refractivity contribution < 1.29 is 23.9 Å². The summed E-state index contributed by atoms with van der Waals surface area (Å²) in [5.41, 5.74) is 3.28. The third-order valence-electron chi connectivity index (χ3n) is 7.27. The minimum absolute atomic E-state index is 0.00349. The van der Waals surface area contributed by atoms with Gasteiger partial charge in [0.25, 0.3) is 0 Å². The Hall–Kier alpha value is -3.74. The maximum absolute atomic E-state index is 13.1. The number of amides is 3. The van der Waals surface area contributed by atoms with Crippen molar-refractivity contribution in [3.05, 3.63) is 65.7 Å². The first-order chi connectivity index (χ1) is 16.7. The Balaban J connectivity index is 1.30. The summed E-state index contributed by atoms with van der Waals surface area (Å²) in [5.74, 6) is -2.14. The molecule has 7 nitrogen and oxygen atoms in total. The van der Waals surface area contributed by atoms with Gasteiger partial charge < -0.3 is 9.64 Å². The highest BCUT2D eigenvalue weighted by Crippen LogP contribution is 2.41. The number of carbonyl (C=O) groups excluding carboxylic acids is 4. The fourth-order valence-electron chi connectivity index (χ4n) is 5.49. The van der Waals surface area contributed by atoms with Crippen LogP contribution in [-0.4, -0.2) is 30.2 Å². The van der Waals surface area contributed by atoms with Crippen molar-refractivity contribution in [2.75, 3.05) is 16.3 Å². The number of esters is 1. The number of benzene rings is 2. The Bertz CT molecular complexity index is 1270. The van der Waals surface area contributed by atoms with Crippen LogP contribution in [0.3, 0.4) is 0 Å². The molecule has 7 heteroatoms. The van der Waals surface area contributed by atoms with Crippen LogP contribution in [0.4, 0.5) is 11.4 Å². The van der Waals surface area contributed by atoms with E-state index in [1.807, 2.05) is 51.1 Å². The van der Waals surface area contributed by atoms with Gasteiger partial charge in [-0.3, -0.25) is 19.2 Å². The molecule has 3 amide bonds. The fraction of sp³-hybridized carbons (Fsp3) is 0.357. The summed E-state index contributed by atoms with van der Waals surface area (Å²) in [6.45, 7) is 6.13. The number of imide groups is 1. The van der Waals surface area contributed by atoms with Crippen LogP contribution in [0.15, 0.2) is 54.6 Å². The molecule has 5 rings (SSSR count). The number of carbonyl (C=O) groups is 4. The second kappa shape index (κ2) is 8.80. The molecule has 35 heavy (non-hydrogen) atoms. The van der Waals surface area contributed by atoms with Crippen molar-refractivity contribution in [2.24, 2.45) is 23.7 Å². The van der Waals surface area contributed by atoms with Gasteiger partial charge in [-0.2, -0.15) is 0 Å². The highest BCUT2D eigenvalue weighted by Gasteiger charge is 2.50. The van der Waals surface area contributed by atoms with Gasteiger partial charge in [-0.1, -0.05) is 42.8 Å². The van der Waals surface area contributed by atoms with Crippen LogP contribution in [0.2, 0.25) is 0 Å². The van der Waals surface area contributed by atoms with E-state index in [9.17, 15) is 19.2 Å². The number of hydrogen-bond acceptors (Lipinski definition) is 5. The van der Waals surface area contributed by atoms with Crippen molar-refractivity contribution in [3.8, 4) is 5.75 Å². The first kappa shape index (κ1) is 23.0. The number of fused-ring (bicyclic) bond motifs is 1. The van der Waals surface area contributed by atoms with Crippen LogP contribution in [-0.2, 0) is 19.2 Å². The summed E-state index contributed by atoms with van der Waals surface area (Å²) < 4.78 is 5.61. The third kappa shape index (κ3) is 4.05. The molecule has 2 aromatic rings. The van der Waals surface area contributed by atoms with E-state index in [1.54, 1.807) is 29.2 Å². The average molecular weight is 473 g/mol. The second-order valence-corrected chi connectivity index (χ2v) is 9.78. The Labute approximate surface area is 204 Å². The maximum atomic E-state index is 13.1. The zero-order valence-corrected chi connectivity index (χ0v) is 20.1. The van der Waals surface area contributed by atoms with Gasteiger partial charge in [0.15, 0.2) is 0 Å².